The van der Waals surface area contributed by atoms with Crippen molar-refractivity contribution in [2.24, 2.45) is 5.92 Å². The smallest absolute Gasteiger partial charge is 0.123 e. The number of halogens is 1. The molecule has 0 radical (unpaired) electrons. The maximum atomic E-state index is 13.2. The van der Waals surface area contributed by atoms with Crippen LogP contribution in [0.3, 0.4) is 0 Å². The molecule has 1 rings (SSSR count). The highest BCUT2D eigenvalue weighted by atomic mass is 19.1. The summed E-state index contributed by atoms with van der Waals surface area (Å²) in [7, 11) is 0. The standard InChI is InChI=1S/C16H26FNO/c1-3-9-19-10-8-15(13-18-4-2)11-14-6-5-7-16(17)12-14/h5-7,12,15,18H,3-4,8-11,13H2,1-2H3. The van der Waals surface area contributed by atoms with Gasteiger partial charge < -0.3 is 10.1 Å². The highest BCUT2D eigenvalue weighted by Gasteiger charge is 2.10. The van der Waals surface area contributed by atoms with Gasteiger partial charge in [-0.1, -0.05) is 26.0 Å². The van der Waals surface area contributed by atoms with Crippen molar-refractivity contribution in [2.45, 2.75) is 33.1 Å². The number of hydrogen-bond donors (Lipinski definition) is 1. The lowest BCUT2D eigenvalue weighted by Crippen LogP contribution is -2.25. The number of nitrogens with one attached hydrogen (secondary N) is 1. The van der Waals surface area contributed by atoms with Crippen molar-refractivity contribution in [1.82, 2.24) is 5.32 Å². The summed E-state index contributed by atoms with van der Waals surface area (Å²) in [5.74, 6) is 0.348. The zero-order valence-electron chi connectivity index (χ0n) is 12.1. The summed E-state index contributed by atoms with van der Waals surface area (Å²) in [6.45, 7) is 7.76. The van der Waals surface area contributed by atoms with Crippen molar-refractivity contribution in [3.8, 4) is 0 Å². The molecule has 3 heteroatoms. The minimum atomic E-state index is -0.151. The third kappa shape index (κ3) is 7.28. The van der Waals surface area contributed by atoms with Crippen LogP contribution in [0.2, 0.25) is 0 Å². The number of ether oxygens (including phenoxy) is 1. The van der Waals surface area contributed by atoms with Crippen LogP contribution in [0.1, 0.15) is 32.3 Å². The molecule has 0 amide bonds. The van der Waals surface area contributed by atoms with E-state index in [9.17, 15) is 4.39 Å². The van der Waals surface area contributed by atoms with Crippen LogP contribution in [-0.2, 0) is 11.2 Å². The molecule has 1 atom stereocenters. The van der Waals surface area contributed by atoms with Gasteiger partial charge in [0, 0.05) is 13.2 Å². The Hall–Kier alpha value is -0.930. The number of hydrogen-bond acceptors (Lipinski definition) is 2. The normalized spacial score (nSPS) is 12.6. The molecule has 1 aromatic rings. The van der Waals surface area contributed by atoms with E-state index in [0.717, 1.165) is 51.1 Å². The first-order valence-corrected chi connectivity index (χ1v) is 7.29. The van der Waals surface area contributed by atoms with Gasteiger partial charge in [0.05, 0.1) is 0 Å². The molecule has 108 valence electrons. The first-order valence-electron chi connectivity index (χ1n) is 7.29. The molecule has 0 heterocycles. The average molecular weight is 267 g/mol. The fourth-order valence-electron chi connectivity index (χ4n) is 2.12. The molecule has 1 aromatic carbocycles. The number of rotatable bonds is 10. The molecule has 0 aromatic heterocycles. The zero-order valence-corrected chi connectivity index (χ0v) is 12.1. The van der Waals surface area contributed by atoms with E-state index >= 15 is 0 Å². The van der Waals surface area contributed by atoms with Gasteiger partial charge >= 0.3 is 0 Å². The van der Waals surface area contributed by atoms with Gasteiger partial charge in [-0.05, 0) is 56.0 Å². The van der Waals surface area contributed by atoms with Gasteiger partial charge in [0.2, 0.25) is 0 Å². The summed E-state index contributed by atoms with van der Waals surface area (Å²) in [5.41, 5.74) is 1.07. The van der Waals surface area contributed by atoms with Crippen LogP contribution in [0.4, 0.5) is 4.39 Å². The van der Waals surface area contributed by atoms with E-state index in [1.807, 2.05) is 6.07 Å². The Balaban J connectivity index is 2.43. The molecule has 0 aliphatic rings. The summed E-state index contributed by atoms with van der Waals surface area (Å²) >= 11 is 0. The van der Waals surface area contributed by atoms with Gasteiger partial charge in [0.1, 0.15) is 5.82 Å². The molecule has 0 bridgehead atoms. The fourth-order valence-corrected chi connectivity index (χ4v) is 2.12. The van der Waals surface area contributed by atoms with E-state index in [-0.39, 0.29) is 5.82 Å². The lowest BCUT2D eigenvalue weighted by atomic mass is 9.96. The monoisotopic (exact) mass is 267 g/mol. The molecular formula is C16H26FNO. The quantitative estimate of drug-likeness (QED) is 0.656. The molecule has 0 aliphatic heterocycles. The molecule has 2 nitrogen and oxygen atoms in total. The van der Waals surface area contributed by atoms with Crippen molar-refractivity contribution in [2.75, 3.05) is 26.3 Å². The van der Waals surface area contributed by atoms with Crippen LogP contribution in [0, 0.1) is 11.7 Å². The number of benzene rings is 1. The Morgan fingerprint density at radius 1 is 1.26 bits per heavy atom. The van der Waals surface area contributed by atoms with E-state index in [0.29, 0.717) is 5.92 Å². The predicted molar refractivity (Wildman–Crippen MR) is 77.9 cm³/mol. The van der Waals surface area contributed by atoms with Crippen LogP contribution < -0.4 is 5.32 Å². The second-order valence-corrected chi connectivity index (χ2v) is 4.91. The Morgan fingerprint density at radius 2 is 2.11 bits per heavy atom. The average Bonchev–Trinajstić information content (AvgIpc) is 2.40. The highest BCUT2D eigenvalue weighted by molar-refractivity contribution is 5.16. The third-order valence-electron chi connectivity index (χ3n) is 3.12. The second kappa shape index (κ2) is 9.93. The van der Waals surface area contributed by atoms with Crippen LogP contribution in [0.5, 0.6) is 0 Å². The van der Waals surface area contributed by atoms with Crippen molar-refractivity contribution in [1.29, 1.82) is 0 Å². The Bertz CT molecular complexity index is 343. The van der Waals surface area contributed by atoms with Gasteiger partial charge in [-0.15, -0.1) is 0 Å². The summed E-state index contributed by atoms with van der Waals surface area (Å²) in [6.07, 6.45) is 2.98. The highest BCUT2D eigenvalue weighted by Crippen LogP contribution is 2.13. The molecule has 19 heavy (non-hydrogen) atoms. The van der Waals surface area contributed by atoms with Crippen LogP contribution in [0.15, 0.2) is 24.3 Å². The molecule has 0 spiro atoms. The van der Waals surface area contributed by atoms with Gasteiger partial charge in [-0.25, -0.2) is 4.39 Å². The minimum absolute atomic E-state index is 0.151. The molecule has 1 unspecified atom stereocenters. The van der Waals surface area contributed by atoms with Gasteiger partial charge in [0.25, 0.3) is 0 Å². The van der Waals surface area contributed by atoms with E-state index in [1.165, 1.54) is 6.07 Å². The van der Waals surface area contributed by atoms with E-state index in [1.54, 1.807) is 12.1 Å². The summed E-state index contributed by atoms with van der Waals surface area (Å²) in [5, 5.41) is 3.37. The fraction of sp³-hybridized carbons (Fsp3) is 0.625. The summed E-state index contributed by atoms with van der Waals surface area (Å²) in [4.78, 5) is 0. The largest absolute Gasteiger partial charge is 0.381 e. The molecule has 0 saturated carbocycles. The van der Waals surface area contributed by atoms with E-state index in [2.05, 4.69) is 19.2 Å². The summed E-state index contributed by atoms with van der Waals surface area (Å²) in [6, 6.07) is 6.90. The lowest BCUT2D eigenvalue weighted by molar-refractivity contribution is 0.120. The first-order chi connectivity index (χ1) is 9.26. The van der Waals surface area contributed by atoms with Crippen molar-refractivity contribution in [3.05, 3.63) is 35.6 Å². The van der Waals surface area contributed by atoms with Crippen molar-refractivity contribution >= 4 is 0 Å². The van der Waals surface area contributed by atoms with Gasteiger partial charge in [0.15, 0.2) is 0 Å². The van der Waals surface area contributed by atoms with Crippen LogP contribution >= 0.6 is 0 Å². The molecule has 0 saturated heterocycles. The van der Waals surface area contributed by atoms with E-state index < -0.39 is 0 Å². The van der Waals surface area contributed by atoms with Gasteiger partial charge in [-0.3, -0.25) is 0 Å². The molecule has 0 fully saturated rings. The second-order valence-electron chi connectivity index (χ2n) is 4.91. The Labute approximate surface area is 116 Å². The van der Waals surface area contributed by atoms with Crippen LogP contribution in [0.25, 0.3) is 0 Å². The molecule has 0 aliphatic carbocycles. The minimum Gasteiger partial charge on any atom is -0.381 e. The molecule has 1 N–H and O–H groups in total. The Morgan fingerprint density at radius 3 is 2.79 bits per heavy atom. The van der Waals surface area contributed by atoms with Gasteiger partial charge in [-0.2, -0.15) is 0 Å². The van der Waals surface area contributed by atoms with E-state index in [4.69, 9.17) is 4.74 Å². The van der Waals surface area contributed by atoms with Crippen molar-refractivity contribution < 1.29 is 9.13 Å². The topological polar surface area (TPSA) is 21.3 Å². The first kappa shape index (κ1) is 16.1. The lowest BCUT2D eigenvalue weighted by Gasteiger charge is -2.17. The molecular weight excluding hydrogens is 241 g/mol. The maximum absolute atomic E-state index is 13.2. The van der Waals surface area contributed by atoms with Crippen LogP contribution in [-0.4, -0.2) is 26.3 Å². The summed E-state index contributed by atoms with van der Waals surface area (Å²) < 4.78 is 18.7. The Kier molecular flexibility index (Phi) is 8.43. The van der Waals surface area contributed by atoms with Crippen molar-refractivity contribution in [3.63, 3.8) is 0 Å². The zero-order chi connectivity index (χ0) is 13.9. The SMILES string of the molecule is CCCOCCC(CNCC)Cc1cccc(F)c1. The predicted octanol–water partition coefficient (Wildman–Crippen LogP) is 3.41. The third-order valence-corrected chi connectivity index (χ3v) is 3.12. The maximum Gasteiger partial charge on any atom is 0.123 e.